The fourth-order valence-electron chi connectivity index (χ4n) is 2.11. The molecule has 0 aromatic carbocycles. The largest absolute Gasteiger partial charge is 0.370 e. The quantitative estimate of drug-likeness (QED) is 0.492. The molecular weight excluding hydrogens is 230 g/mol. The molecule has 1 aliphatic carbocycles. The molecule has 1 N–H and O–H groups in total. The van der Waals surface area contributed by atoms with Crippen molar-refractivity contribution in [1.82, 2.24) is 4.98 Å². The van der Waals surface area contributed by atoms with Crippen molar-refractivity contribution in [3.05, 3.63) is 40.1 Å². The maximum atomic E-state index is 10.6. The van der Waals surface area contributed by atoms with Crippen molar-refractivity contribution in [3.8, 4) is 0 Å². The zero-order valence-corrected chi connectivity index (χ0v) is 10.3. The highest BCUT2D eigenvalue weighted by Crippen LogP contribution is 2.20. The van der Waals surface area contributed by atoms with Crippen LogP contribution in [-0.2, 0) is 0 Å². The molecule has 0 atom stereocenters. The summed E-state index contributed by atoms with van der Waals surface area (Å²) in [7, 11) is 0. The topological polar surface area (TPSA) is 68.1 Å². The molecule has 96 valence electrons. The molecule has 0 aliphatic heterocycles. The van der Waals surface area contributed by atoms with Crippen LogP contribution in [0.5, 0.6) is 0 Å². The Kier molecular flexibility index (Phi) is 4.28. The van der Waals surface area contributed by atoms with Gasteiger partial charge in [-0.15, -0.1) is 0 Å². The Labute approximate surface area is 106 Å². The summed E-state index contributed by atoms with van der Waals surface area (Å²) in [4.78, 5) is 14.3. The molecule has 0 spiro atoms. The molecule has 0 unspecified atom stereocenters. The van der Waals surface area contributed by atoms with E-state index in [9.17, 15) is 10.1 Å². The lowest BCUT2D eigenvalue weighted by atomic mass is 9.97. The molecule has 5 heteroatoms. The number of hydrogen-bond acceptors (Lipinski definition) is 4. The molecule has 1 aliphatic rings. The number of pyridine rings is 1. The molecule has 0 radical (unpaired) electrons. The Bertz CT molecular complexity index is 457. The van der Waals surface area contributed by atoms with Gasteiger partial charge in [-0.25, -0.2) is 4.98 Å². The van der Waals surface area contributed by atoms with Crippen LogP contribution in [0.25, 0.3) is 0 Å². The predicted octanol–water partition coefficient (Wildman–Crippen LogP) is 3.29. The van der Waals surface area contributed by atoms with Crippen LogP contribution in [0.4, 0.5) is 11.5 Å². The van der Waals surface area contributed by atoms with Gasteiger partial charge >= 0.3 is 0 Å². The van der Waals surface area contributed by atoms with Crippen molar-refractivity contribution in [3.63, 3.8) is 0 Å². The average molecular weight is 247 g/mol. The summed E-state index contributed by atoms with van der Waals surface area (Å²) in [5, 5.41) is 13.7. The molecule has 0 bridgehead atoms. The van der Waals surface area contributed by atoms with Crippen molar-refractivity contribution < 1.29 is 4.92 Å². The van der Waals surface area contributed by atoms with Crippen LogP contribution in [0, 0.1) is 10.1 Å². The van der Waals surface area contributed by atoms with Gasteiger partial charge < -0.3 is 5.32 Å². The fraction of sp³-hybridized carbons (Fsp3) is 0.462. The number of nitrogens with one attached hydrogen (secondary N) is 1. The zero-order valence-electron chi connectivity index (χ0n) is 10.3. The summed E-state index contributed by atoms with van der Waals surface area (Å²) in [6.07, 6.45) is 9.70. The van der Waals surface area contributed by atoms with Crippen molar-refractivity contribution in [1.29, 1.82) is 0 Å². The van der Waals surface area contributed by atoms with Crippen LogP contribution in [0.2, 0.25) is 0 Å². The normalized spacial score (nSPS) is 15.0. The molecule has 0 amide bonds. The van der Waals surface area contributed by atoms with Gasteiger partial charge in [-0.1, -0.05) is 11.6 Å². The van der Waals surface area contributed by atoms with Crippen LogP contribution in [0.1, 0.15) is 32.1 Å². The number of rotatable bonds is 5. The first kappa shape index (κ1) is 12.5. The SMILES string of the molecule is O=[N+]([O-])c1ccnc(NCCC2=CCCCC2)c1. The highest BCUT2D eigenvalue weighted by Gasteiger charge is 2.07. The summed E-state index contributed by atoms with van der Waals surface area (Å²) < 4.78 is 0. The van der Waals surface area contributed by atoms with E-state index in [2.05, 4.69) is 16.4 Å². The standard InChI is InChI=1S/C13H17N3O2/c17-16(18)12-7-9-15-13(10-12)14-8-6-11-4-2-1-3-5-11/h4,7,9-10H,1-3,5-6,8H2,(H,14,15). The van der Waals surface area contributed by atoms with Crippen LogP contribution in [0.3, 0.4) is 0 Å². The summed E-state index contributed by atoms with van der Waals surface area (Å²) in [6, 6.07) is 2.87. The van der Waals surface area contributed by atoms with Crippen LogP contribution >= 0.6 is 0 Å². The molecule has 2 rings (SSSR count). The molecule has 5 nitrogen and oxygen atoms in total. The first-order valence-corrected chi connectivity index (χ1v) is 6.28. The molecule has 0 saturated carbocycles. The minimum atomic E-state index is -0.406. The molecule has 1 heterocycles. The third-order valence-electron chi connectivity index (χ3n) is 3.09. The minimum absolute atomic E-state index is 0.0735. The molecule has 0 saturated heterocycles. The van der Waals surface area contributed by atoms with Crippen molar-refractivity contribution >= 4 is 11.5 Å². The second kappa shape index (κ2) is 6.14. The Morgan fingerprint density at radius 2 is 2.33 bits per heavy atom. The van der Waals surface area contributed by atoms with E-state index in [-0.39, 0.29) is 5.69 Å². The minimum Gasteiger partial charge on any atom is -0.370 e. The van der Waals surface area contributed by atoms with Crippen molar-refractivity contribution in [2.75, 3.05) is 11.9 Å². The number of nitro groups is 1. The first-order valence-electron chi connectivity index (χ1n) is 6.28. The van der Waals surface area contributed by atoms with Crippen LogP contribution in [0.15, 0.2) is 30.0 Å². The number of nitrogens with zero attached hydrogens (tertiary/aromatic N) is 2. The third kappa shape index (κ3) is 3.55. The lowest BCUT2D eigenvalue weighted by molar-refractivity contribution is -0.384. The molecule has 1 aromatic heterocycles. The highest BCUT2D eigenvalue weighted by atomic mass is 16.6. The number of hydrogen-bond donors (Lipinski definition) is 1. The second-order valence-electron chi connectivity index (χ2n) is 4.44. The van der Waals surface area contributed by atoms with Gasteiger partial charge in [-0.05, 0) is 32.1 Å². The van der Waals surface area contributed by atoms with E-state index in [0.717, 1.165) is 13.0 Å². The number of anilines is 1. The lowest BCUT2D eigenvalue weighted by Gasteiger charge is -2.13. The van der Waals surface area contributed by atoms with Gasteiger partial charge in [0.15, 0.2) is 0 Å². The van der Waals surface area contributed by atoms with E-state index in [1.807, 2.05) is 0 Å². The van der Waals surface area contributed by atoms with E-state index in [0.29, 0.717) is 5.82 Å². The van der Waals surface area contributed by atoms with Crippen molar-refractivity contribution in [2.24, 2.45) is 0 Å². The van der Waals surface area contributed by atoms with Crippen LogP contribution in [-0.4, -0.2) is 16.5 Å². The third-order valence-corrected chi connectivity index (χ3v) is 3.09. The Morgan fingerprint density at radius 3 is 3.06 bits per heavy atom. The second-order valence-corrected chi connectivity index (χ2v) is 4.44. The predicted molar refractivity (Wildman–Crippen MR) is 70.5 cm³/mol. The van der Waals surface area contributed by atoms with Crippen LogP contribution < -0.4 is 5.32 Å². The summed E-state index contributed by atoms with van der Waals surface area (Å²) in [5.41, 5.74) is 1.56. The van der Waals surface area contributed by atoms with Gasteiger partial charge in [0.25, 0.3) is 5.69 Å². The molecule has 0 fully saturated rings. The van der Waals surface area contributed by atoms with E-state index in [1.54, 1.807) is 0 Å². The van der Waals surface area contributed by atoms with Gasteiger partial charge in [0, 0.05) is 18.8 Å². The van der Waals surface area contributed by atoms with Gasteiger partial charge in [0.2, 0.25) is 0 Å². The number of aromatic nitrogens is 1. The number of allylic oxidation sites excluding steroid dienone is 1. The van der Waals surface area contributed by atoms with Crippen molar-refractivity contribution in [2.45, 2.75) is 32.1 Å². The average Bonchev–Trinajstić information content (AvgIpc) is 2.40. The van der Waals surface area contributed by atoms with E-state index >= 15 is 0 Å². The smallest absolute Gasteiger partial charge is 0.274 e. The highest BCUT2D eigenvalue weighted by molar-refractivity contribution is 5.44. The maximum absolute atomic E-state index is 10.6. The Hall–Kier alpha value is -1.91. The van der Waals surface area contributed by atoms with E-state index < -0.39 is 4.92 Å². The molecule has 18 heavy (non-hydrogen) atoms. The monoisotopic (exact) mass is 247 g/mol. The lowest BCUT2D eigenvalue weighted by Crippen LogP contribution is -2.06. The summed E-state index contributed by atoms with van der Waals surface area (Å²) in [6.45, 7) is 0.778. The Balaban J connectivity index is 1.84. The van der Waals surface area contributed by atoms with E-state index in [4.69, 9.17) is 0 Å². The summed E-state index contributed by atoms with van der Waals surface area (Å²) in [5.74, 6) is 0.570. The van der Waals surface area contributed by atoms with Gasteiger partial charge in [0.1, 0.15) is 5.82 Å². The Morgan fingerprint density at radius 1 is 1.44 bits per heavy atom. The zero-order chi connectivity index (χ0) is 12.8. The maximum Gasteiger partial charge on any atom is 0.274 e. The van der Waals surface area contributed by atoms with Gasteiger partial charge in [-0.2, -0.15) is 0 Å². The fourth-order valence-corrected chi connectivity index (χ4v) is 2.11. The summed E-state index contributed by atoms with van der Waals surface area (Å²) >= 11 is 0. The van der Waals surface area contributed by atoms with Gasteiger partial charge in [-0.3, -0.25) is 10.1 Å². The first-order chi connectivity index (χ1) is 8.75. The molecule has 1 aromatic rings. The van der Waals surface area contributed by atoms with Gasteiger partial charge in [0.05, 0.1) is 11.0 Å². The van der Waals surface area contributed by atoms with E-state index in [1.165, 1.54) is 49.6 Å². The molecular formula is C13H17N3O2.